The molecular formula is C14H12BrCl2FN2. The van der Waals surface area contributed by atoms with Gasteiger partial charge < -0.3 is 11.1 Å². The van der Waals surface area contributed by atoms with Crippen LogP contribution in [0.3, 0.4) is 0 Å². The van der Waals surface area contributed by atoms with Crippen LogP contribution in [0.5, 0.6) is 0 Å². The summed E-state index contributed by atoms with van der Waals surface area (Å²) in [6.45, 7) is 0.299. The van der Waals surface area contributed by atoms with Gasteiger partial charge in [0.05, 0.1) is 11.1 Å². The summed E-state index contributed by atoms with van der Waals surface area (Å²) in [6, 6.07) is 9.58. The predicted molar refractivity (Wildman–Crippen MR) is 86.0 cm³/mol. The van der Waals surface area contributed by atoms with Crippen LogP contribution in [0.2, 0.25) is 10.0 Å². The quantitative estimate of drug-likeness (QED) is 0.786. The third-order valence-corrected chi connectivity index (χ3v) is 4.23. The Labute approximate surface area is 135 Å². The van der Waals surface area contributed by atoms with E-state index in [0.29, 0.717) is 22.2 Å². The molecule has 0 saturated heterocycles. The Bertz CT molecular complexity index is 602. The van der Waals surface area contributed by atoms with Crippen LogP contribution < -0.4 is 11.1 Å². The molecule has 6 heteroatoms. The Morgan fingerprint density at radius 2 is 1.95 bits per heavy atom. The molecule has 0 bridgehead atoms. The Kier molecular flexibility index (Phi) is 5.27. The van der Waals surface area contributed by atoms with Crippen LogP contribution in [0, 0.1) is 5.82 Å². The highest BCUT2D eigenvalue weighted by atomic mass is 79.9. The maximum Gasteiger partial charge on any atom is 0.125 e. The van der Waals surface area contributed by atoms with Crippen LogP contribution in [-0.2, 0) is 0 Å². The van der Waals surface area contributed by atoms with Gasteiger partial charge in [0.1, 0.15) is 5.82 Å². The van der Waals surface area contributed by atoms with E-state index in [1.807, 2.05) is 12.1 Å². The molecular weight excluding hydrogens is 366 g/mol. The molecule has 0 saturated carbocycles. The molecule has 1 atom stereocenters. The lowest BCUT2D eigenvalue weighted by Crippen LogP contribution is -2.20. The second kappa shape index (κ2) is 6.76. The molecule has 2 nitrogen and oxygen atoms in total. The zero-order valence-corrected chi connectivity index (χ0v) is 13.4. The normalized spacial score (nSPS) is 12.2. The summed E-state index contributed by atoms with van der Waals surface area (Å²) in [6.07, 6.45) is 0. The van der Waals surface area contributed by atoms with Crippen molar-refractivity contribution < 1.29 is 4.39 Å². The van der Waals surface area contributed by atoms with Crippen molar-refractivity contribution in [1.29, 1.82) is 0 Å². The van der Waals surface area contributed by atoms with Crippen LogP contribution in [0.4, 0.5) is 10.1 Å². The minimum atomic E-state index is -0.387. The molecule has 2 rings (SSSR count). The number of halogens is 4. The Morgan fingerprint density at radius 3 is 2.55 bits per heavy atom. The fourth-order valence-corrected chi connectivity index (χ4v) is 2.50. The van der Waals surface area contributed by atoms with Gasteiger partial charge in [0.2, 0.25) is 0 Å². The van der Waals surface area contributed by atoms with Crippen molar-refractivity contribution in [2.45, 2.75) is 6.04 Å². The molecule has 1 unspecified atom stereocenters. The first kappa shape index (κ1) is 15.6. The highest BCUT2D eigenvalue weighted by Crippen LogP contribution is 2.28. The molecule has 0 aliphatic carbocycles. The van der Waals surface area contributed by atoms with E-state index in [9.17, 15) is 4.39 Å². The van der Waals surface area contributed by atoms with E-state index >= 15 is 0 Å². The maximum atomic E-state index is 13.4. The summed E-state index contributed by atoms with van der Waals surface area (Å²) in [5.41, 5.74) is 7.24. The van der Waals surface area contributed by atoms with Crippen molar-refractivity contribution in [3.05, 3.63) is 62.3 Å². The van der Waals surface area contributed by atoms with Gasteiger partial charge in [-0.3, -0.25) is 0 Å². The van der Waals surface area contributed by atoms with Crippen molar-refractivity contribution in [2.75, 3.05) is 11.9 Å². The van der Waals surface area contributed by atoms with Gasteiger partial charge in [-0.2, -0.15) is 0 Å². The molecule has 0 heterocycles. The van der Waals surface area contributed by atoms with E-state index in [1.54, 1.807) is 12.1 Å². The molecule has 0 spiro atoms. The van der Waals surface area contributed by atoms with E-state index in [2.05, 4.69) is 21.2 Å². The van der Waals surface area contributed by atoms with Crippen LogP contribution in [-0.4, -0.2) is 6.54 Å². The zero-order chi connectivity index (χ0) is 14.7. The zero-order valence-electron chi connectivity index (χ0n) is 10.3. The minimum absolute atomic E-state index is 0.250. The first-order valence-corrected chi connectivity index (χ1v) is 7.42. The predicted octanol–water partition coefficient (Wildman–Crippen LogP) is 5.01. The summed E-state index contributed by atoms with van der Waals surface area (Å²) < 4.78 is 14.2. The van der Waals surface area contributed by atoms with Gasteiger partial charge in [-0.25, -0.2) is 4.39 Å². The van der Waals surface area contributed by atoms with E-state index in [1.165, 1.54) is 12.1 Å². The largest absolute Gasteiger partial charge is 0.377 e. The number of anilines is 1. The van der Waals surface area contributed by atoms with E-state index in [0.717, 1.165) is 10.2 Å². The SMILES string of the molecule is NCC(Nc1ccc(Br)c(Cl)c1)c1cc(F)cc(Cl)c1. The maximum absolute atomic E-state index is 13.4. The summed E-state index contributed by atoms with van der Waals surface area (Å²) in [5.74, 6) is -0.387. The molecule has 0 fully saturated rings. The molecule has 0 aromatic heterocycles. The van der Waals surface area contributed by atoms with Gasteiger partial charge in [-0.1, -0.05) is 23.2 Å². The number of rotatable bonds is 4. The fourth-order valence-electron chi connectivity index (χ4n) is 1.84. The monoisotopic (exact) mass is 376 g/mol. The molecule has 106 valence electrons. The van der Waals surface area contributed by atoms with Crippen LogP contribution in [0.15, 0.2) is 40.9 Å². The first-order chi connectivity index (χ1) is 9.49. The number of hydrogen-bond acceptors (Lipinski definition) is 2. The van der Waals surface area contributed by atoms with Gasteiger partial charge in [-0.05, 0) is 57.9 Å². The van der Waals surface area contributed by atoms with Crippen LogP contribution in [0.1, 0.15) is 11.6 Å². The van der Waals surface area contributed by atoms with E-state index in [4.69, 9.17) is 28.9 Å². The fraction of sp³-hybridized carbons (Fsp3) is 0.143. The first-order valence-electron chi connectivity index (χ1n) is 5.87. The number of nitrogens with two attached hydrogens (primary N) is 1. The second-order valence-electron chi connectivity index (χ2n) is 4.26. The number of benzene rings is 2. The van der Waals surface area contributed by atoms with Crippen molar-refractivity contribution in [2.24, 2.45) is 5.73 Å². The molecule has 3 N–H and O–H groups in total. The highest BCUT2D eigenvalue weighted by molar-refractivity contribution is 9.10. The number of nitrogens with one attached hydrogen (secondary N) is 1. The lowest BCUT2D eigenvalue weighted by atomic mass is 10.1. The summed E-state index contributed by atoms with van der Waals surface area (Å²) >= 11 is 15.2. The average molecular weight is 378 g/mol. The third-order valence-electron chi connectivity index (χ3n) is 2.78. The lowest BCUT2D eigenvalue weighted by Gasteiger charge is -2.19. The standard InChI is InChI=1S/C14H12BrCl2FN2/c15-12-2-1-11(6-13(12)17)20-14(7-19)8-3-9(16)5-10(18)4-8/h1-6,14,20H,7,19H2. The van der Waals surface area contributed by atoms with Crippen molar-refractivity contribution in [1.82, 2.24) is 0 Å². The summed E-state index contributed by atoms with van der Waals surface area (Å²) in [4.78, 5) is 0. The lowest BCUT2D eigenvalue weighted by molar-refractivity contribution is 0.622. The molecule has 0 aliphatic rings. The van der Waals surface area contributed by atoms with Gasteiger partial charge in [0.15, 0.2) is 0 Å². The minimum Gasteiger partial charge on any atom is -0.377 e. The second-order valence-corrected chi connectivity index (χ2v) is 5.96. The molecule has 2 aromatic rings. The molecule has 0 amide bonds. The van der Waals surface area contributed by atoms with Crippen LogP contribution >= 0.6 is 39.1 Å². The summed E-state index contributed by atoms with van der Waals surface area (Å²) in [5, 5.41) is 4.14. The molecule has 0 aliphatic heterocycles. The third kappa shape index (κ3) is 3.85. The molecule has 0 radical (unpaired) electrons. The van der Waals surface area contributed by atoms with Crippen LogP contribution in [0.25, 0.3) is 0 Å². The Morgan fingerprint density at radius 1 is 1.20 bits per heavy atom. The van der Waals surface area contributed by atoms with Crippen molar-refractivity contribution in [3.63, 3.8) is 0 Å². The molecule has 20 heavy (non-hydrogen) atoms. The summed E-state index contributed by atoms with van der Waals surface area (Å²) in [7, 11) is 0. The Hall–Kier alpha value is -0.810. The highest BCUT2D eigenvalue weighted by Gasteiger charge is 2.12. The Balaban J connectivity index is 2.26. The van der Waals surface area contributed by atoms with Gasteiger partial charge >= 0.3 is 0 Å². The smallest absolute Gasteiger partial charge is 0.125 e. The van der Waals surface area contributed by atoms with E-state index < -0.39 is 0 Å². The van der Waals surface area contributed by atoms with Gasteiger partial charge in [0, 0.05) is 21.7 Å². The number of hydrogen-bond donors (Lipinski definition) is 2. The molecule has 2 aromatic carbocycles. The topological polar surface area (TPSA) is 38.0 Å². The van der Waals surface area contributed by atoms with Crippen molar-refractivity contribution in [3.8, 4) is 0 Å². The average Bonchev–Trinajstić information content (AvgIpc) is 2.38. The van der Waals surface area contributed by atoms with Gasteiger partial charge in [-0.15, -0.1) is 0 Å². The van der Waals surface area contributed by atoms with E-state index in [-0.39, 0.29) is 11.9 Å². The van der Waals surface area contributed by atoms with Crippen molar-refractivity contribution >= 4 is 44.8 Å². The van der Waals surface area contributed by atoms with Gasteiger partial charge in [0.25, 0.3) is 0 Å².